The number of nitrogens with zero attached hydrogens (tertiary/aromatic N) is 1. The molecule has 0 aliphatic heterocycles. The van der Waals surface area contributed by atoms with Gasteiger partial charge in [0.25, 0.3) is 0 Å². The van der Waals surface area contributed by atoms with Crippen molar-refractivity contribution in [2.75, 3.05) is 5.32 Å². The normalized spacial score (nSPS) is 10.5. The van der Waals surface area contributed by atoms with E-state index in [1.54, 1.807) is 6.92 Å². The fraction of sp³-hybridized carbons (Fsp3) is 0.158. The van der Waals surface area contributed by atoms with Crippen molar-refractivity contribution in [3.63, 3.8) is 0 Å². The first-order valence-corrected chi connectivity index (χ1v) is 8.37. The number of nitrogens with one attached hydrogen (secondary N) is 1. The molecular weight excluding hydrogens is 304 g/mol. The first kappa shape index (κ1) is 15.4. The van der Waals surface area contributed by atoms with Crippen LogP contribution in [-0.2, 0) is 6.54 Å². The van der Waals surface area contributed by atoms with Gasteiger partial charge in [0.1, 0.15) is 22.8 Å². The number of anilines is 2. The number of hydrogen-bond acceptors (Lipinski definition) is 3. The highest BCUT2D eigenvalue weighted by molar-refractivity contribution is 7.17. The lowest BCUT2D eigenvalue weighted by atomic mass is 10.2. The summed E-state index contributed by atoms with van der Waals surface area (Å²) < 4.78 is 2.17. The standard InChI is InChI=1S/C19H18N2OS/c1-14-18(15(2)22)23-19(20-17-11-7-4-8-12-17)21(14)13-16-9-5-3-6-10-16/h3-12H,13H2,1-2H3/p+1. The molecule has 0 fully saturated rings. The van der Waals surface area contributed by atoms with E-state index in [1.807, 2.05) is 55.5 Å². The third-order valence-corrected chi connectivity index (χ3v) is 5.01. The van der Waals surface area contributed by atoms with Gasteiger partial charge in [-0.15, -0.1) is 0 Å². The summed E-state index contributed by atoms with van der Waals surface area (Å²) >= 11 is 1.51. The van der Waals surface area contributed by atoms with Gasteiger partial charge in [-0.3, -0.25) is 4.79 Å². The lowest BCUT2D eigenvalue weighted by Crippen LogP contribution is -2.38. The van der Waals surface area contributed by atoms with Gasteiger partial charge in [0.2, 0.25) is 0 Å². The molecule has 1 heterocycles. The van der Waals surface area contributed by atoms with Gasteiger partial charge in [-0.1, -0.05) is 48.5 Å². The fourth-order valence-corrected chi connectivity index (χ4v) is 3.60. The van der Waals surface area contributed by atoms with Gasteiger partial charge < -0.3 is 0 Å². The molecule has 23 heavy (non-hydrogen) atoms. The quantitative estimate of drug-likeness (QED) is 0.560. The molecule has 2 aromatic carbocycles. The van der Waals surface area contributed by atoms with Gasteiger partial charge in [-0.05, 0) is 36.0 Å². The van der Waals surface area contributed by atoms with Gasteiger partial charge >= 0.3 is 5.13 Å². The molecule has 1 N–H and O–H groups in total. The Hall–Kier alpha value is -2.46. The van der Waals surface area contributed by atoms with Crippen LogP contribution in [0.15, 0.2) is 60.7 Å². The van der Waals surface area contributed by atoms with Gasteiger partial charge in [-0.2, -0.15) is 0 Å². The molecule has 3 aromatic rings. The Bertz CT molecular complexity index is 810. The number of para-hydroxylation sites is 1. The maximum atomic E-state index is 11.9. The lowest BCUT2D eigenvalue weighted by molar-refractivity contribution is -0.676. The van der Waals surface area contributed by atoms with Crippen molar-refractivity contribution in [3.8, 4) is 0 Å². The minimum absolute atomic E-state index is 0.107. The summed E-state index contributed by atoms with van der Waals surface area (Å²) in [7, 11) is 0. The third-order valence-electron chi connectivity index (χ3n) is 3.71. The molecule has 1 aromatic heterocycles. The number of rotatable bonds is 5. The second kappa shape index (κ2) is 6.75. The van der Waals surface area contributed by atoms with Crippen LogP contribution in [0, 0.1) is 6.92 Å². The van der Waals surface area contributed by atoms with Crippen molar-refractivity contribution >= 4 is 27.9 Å². The first-order valence-electron chi connectivity index (χ1n) is 7.55. The number of aromatic nitrogens is 1. The number of ketones is 1. The van der Waals surface area contributed by atoms with Gasteiger partial charge in [0, 0.05) is 6.92 Å². The molecule has 0 spiro atoms. The summed E-state index contributed by atoms with van der Waals surface area (Å²) in [6, 6.07) is 20.3. The molecule has 3 rings (SSSR count). The molecule has 4 heteroatoms. The number of carbonyl (C=O) groups is 1. The molecule has 0 aliphatic rings. The van der Waals surface area contributed by atoms with E-state index in [1.165, 1.54) is 16.9 Å². The number of hydrogen-bond donors (Lipinski definition) is 1. The summed E-state index contributed by atoms with van der Waals surface area (Å²) in [6.45, 7) is 4.37. The topological polar surface area (TPSA) is 33.0 Å². The Morgan fingerprint density at radius 2 is 1.65 bits per heavy atom. The third kappa shape index (κ3) is 3.48. The predicted octanol–water partition coefficient (Wildman–Crippen LogP) is 4.34. The van der Waals surface area contributed by atoms with Gasteiger partial charge in [0.05, 0.1) is 0 Å². The van der Waals surface area contributed by atoms with Crippen molar-refractivity contribution in [1.82, 2.24) is 0 Å². The summed E-state index contributed by atoms with van der Waals surface area (Å²) in [5, 5.41) is 4.41. The van der Waals surface area contributed by atoms with Crippen LogP contribution in [0.4, 0.5) is 10.8 Å². The van der Waals surface area contributed by atoms with Crippen LogP contribution in [0.1, 0.15) is 27.9 Å². The van der Waals surface area contributed by atoms with E-state index >= 15 is 0 Å². The van der Waals surface area contributed by atoms with Gasteiger partial charge in [-0.25, -0.2) is 9.88 Å². The van der Waals surface area contributed by atoms with Crippen LogP contribution >= 0.6 is 11.3 Å². The first-order chi connectivity index (χ1) is 11.1. The Labute approximate surface area is 140 Å². The monoisotopic (exact) mass is 323 g/mol. The fourth-order valence-electron chi connectivity index (χ4n) is 2.52. The second-order valence-electron chi connectivity index (χ2n) is 5.44. The zero-order valence-electron chi connectivity index (χ0n) is 13.2. The van der Waals surface area contributed by atoms with E-state index < -0.39 is 0 Å². The average molecular weight is 323 g/mol. The van der Waals surface area contributed by atoms with Crippen LogP contribution in [0.2, 0.25) is 0 Å². The molecule has 0 saturated heterocycles. The lowest BCUT2D eigenvalue weighted by Gasteiger charge is -2.04. The number of carbonyl (C=O) groups excluding carboxylic acids is 1. The molecule has 3 nitrogen and oxygen atoms in total. The maximum Gasteiger partial charge on any atom is 0.340 e. The minimum Gasteiger partial charge on any atom is -0.293 e. The van der Waals surface area contributed by atoms with E-state index in [2.05, 4.69) is 22.0 Å². The van der Waals surface area contributed by atoms with Crippen LogP contribution in [0.25, 0.3) is 0 Å². The molecular formula is C19H19N2OS+. The maximum absolute atomic E-state index is 11.9. The second-order valence-corrected chi connectivity index (χ2v) is 6.44. The van der Waals surface area contributed by atoms with Crippen molar-refractivity contribution in [2.45, 2.75) is 20.4 Å². The van der Waals surface area contributed by atoms with E-state index in [0.717, 1.165) is 27.9 Å². The Morgan fingerprint density at radius 1 is 1.04 bits per heavy atom. The van der Waals surface area contributed by atoms with E-state index in [-0.39, 0.29) is 5.78 Å². The molecule has 0 radical (unpaired) electrons. The smallest absolute Gasteiger partial charge is 0.293 e. The molecule has 0 atom stereocenters. The molecule has 0 saturated carbocycles. The Kier molecular flexibility index (Phi) is 4.53. The molecule has 0 bridgehead atoms. The molecule has 116 valence electrons. The molecule has 0 unspecified atom stereocenters. The number of thiazole rings is 1. The van der Waals surface area contributed by atoms with Crippen LogP contribution in [0.3, 0.4) is 0 Å². The largest absolute Gasteiger partial charge is 0.340 e. The zero-order chi connectivity index (χ0) is 16.2. The highest BCUT2D eigenvalue weighted by Gasteiger charge is 2.23. The number of Topliss-reactive ketones (excluding diaryl/α,β-unsaturated/α-hetero) is 1. The summed E-state index contributed by atoms with van der Waals surface area (Å²) in [5.74, 6) is 0.107. The Balaban J connectivity index is 2.00. The molecule has 0 amide bonds. The highest BCUT2D eigenvalue weighted by Crippen LogP contribution is 2.25. The van der Waals surface area contributed by atoms with Crippen molar-refractivity contribution in [2.24, 2.45) is 0 Å². The summed E-state index contributed by atoms with van der Waals surface area (Å²) in [5.41, 5.74) is 3.24. The van der Waals surface area contributed by atoms with Crippen molar-refractivity contribution < 1.29 is 9.36 Å². The Morgan fingerprint density at radius 3 is 2.26 bits per heavy atom. The van der Waals surface area contributed by atoms with E-state index in [4.69, 9.17) is 0 Å². The molecule has 0 aliphatic carbocycles. The van der Waals surface area contributed by atoms with Gasteiger partial charge in [0.15, 0.2) is 5.78 Å². The minimum atomic E-state index is 0.107. The van der Waals surface area contributed by atoms with Crippen LogP contribution in [-0.4, -0.2) is 5.78 Å². The number of benzene rings is 2. The zero-order valence-corrected chi connectivity index (χ0v) is 14.1. The SMILES string of the molecule is CC(=O)c1sc(Nc2ccccc2)[n+](Cc2ccccc2)c1C. The summed E-state index contributed by atoms with van der Waals surface area (Å²) in [4.78, 5) is 12.7. The van der Waals surface area contributed by atoms with E-state index in [9.17, 15) is 4.79 Å². The van der Waals surface area contributed by atoms with Crippen molar-refractivity contribution in [3.05, 3.63) is 76.8 Å². The van der Waals surface area contributed by atoms with E-state index in [0.29, 0.717) is 0 Å². The van der Waals surface area contributed by atoms with Crippen molar-refractivity contribution in [1.29, 1.82) is 0 Å². The predicted molar refractivity (Wildman–Crippen MR) is 94.5 cm³/mol. The highest BCUT2D eigenvalue weighted by atomic mass is 32.1. The average Bonchev–Trinajstić information content (AvgIpc) is 2.86. The van der Waals surface area contributed by atoms with Crippen LogP contribution < -0.4 is 9.88 Å². The van der Waals surface area contributed by atoms with Crippen LogP contribution in [0.5, 0.6) is 0 Å². The summed E-state index contributed by atoms with van der Waals surface area (Å²) in [6.07, 6.45) is 0.